The van der Waals surface area contributed by atoms with Crippen LogP contribution in [0.3, 0.4) is 0 Å². The molecule has 0 N–H and O–H groups in total. The molecule has 0 unspecified atom stereocenters. The van der Waals surface area contributed by atoms with Crippen LogP contribution < -0.4 is 9.80 Å². The molecule has 0 spiro atoms. The van der Waals surface area contributed by atoms with Crippen LogP contribution in [0.25, 0.3) is 11.3 Å². The number of aromatic nitrogens is 6. The summed E-state index contributed by atoms with van der Waals surface area (Å²) in [6, 6.07) is 2.05. The van der Waals surface area contributed by atoms with E-state index < -0.39 is 0 Å². The highest BCUT2D eigenvalue weighted by molar-refractivity contribution is 5.58. The van der Waals surface area contributed by atoms with Crippen LogP contribution in [-0.2, 0) is 7.05 Å². The van der Waals surface area contributed by atoms with Gasteiger partial charge in [-0.25, -0.2) is 15.0 Å². The average Bonchev–Trinajstić information content (AvgIpc) is 3.08. The van der Waals surface area contributed by atoms with Crippen LogP contribution >= 0.6 is 0 Å². The van der Waals surface area contributed by atoms with Crippen molar-refractivity contribution in [2.24, 2.45) is 7.05 Å². The smallest absolute Gasteiger partial charge is 0.147 e. The highest BCUT2D eigenvalue weighted by atomic mass is 15.3. The fourth-order valence-corrected chi connectivity index (χ4v) is 3.22. The van der Waals surface area contributed by atoms with E-state index in [2.05, 4.69) is 29.9 Å². The van der Waals surface area contributed by atoms with E-state index in [4.69, 9.17) is 4.98 Å². The lowest BCUT2D eigenvalue weighted by Gasteiger charge is -2.36. The summed E-state index contributed by atoms with van der Waals surface area (Å²) in [6.07, 6.45) is 7.37. The number of anilines is 2. The predicted octanol–water partition coefficient (Wildman–Crippen LogP) is 1.61. The maximum Gasteiger partial charge on any atom is 0.147 e. The minimum absolute atomic E-state index is 0.817. The predicted molar refractivity (Wildman–Crippen MR) is 100 cm³/mol. The molecule has 1 saturated heterocycles. The van der Waals surface area contributed by atoms with E-state index in [0.717, 1.165) is 60.6 Å². The Labute approximate surface area is 152 Å². The van der Waals surface area contributed by atoms with Crippen LogP contribution in [0.1, 0.15) is 11.5 Å². The fourth-order valence-electron chi connectivity index (χ4n) is 3.22. The highest BCUT2D eigenvalue weighted by Gasteiger charge is 2.20. The summed E-state index contributed by atoms with van der Waals surface area (Å²) < 4.78 is 1.77. The molecule has 3 aromatic rings. The molecule has 0 amide bonds. The molecule has 134 valence electrons. The van der Waals surface area contributed by atoms with Crippen molar-refractivity contribution in [3.05, 3.63) is 42.4 Å². The molecule has 4 rings (SSSR count). The zero-order valence-electron chi connectivity index (χ0n) is 15.3. The van der Waals surface area contributed by atoms with Crippen molar-refractivity contribution >= 4 is 11.6 Å². The fraction of sp³-hybridized carbons (Fsp3) is 0.389. The Kier molecular flexibility index (Phi) is 4.24. The van der Waals surface area contributed by atoms with E-state index >= 15 is 0 Å². The van der Waals surface area contributed by atoms with Crippen LogP contribution in [0.5, 0.6) is 0 Å². The van der Waals surface area contributed by atoms with E-state index in [9.17, 15) is 0 Å². The summed E-state index contributed by atoms with van der Waals surface area (Å²) in [4.78, 5) is 22.6. The van der Waals surface area contributed by atoms with Crippen LogP contribution in [0.4, 0.5) is 11.6 Å². The monoisotopic (exact) mass is 350 g/mol. The molecule has 26 heavy (non-hydrogen) atoms. The van der Waals surface area contributed by atoms with Gasteiger partial charge in [-0.15, -0.1) is 0 Å². The number of rotatable bonds is 3. The van der Waals surface area contributed by atoms with Gasteiger partial charge in [-0.2, -0.15) is 5.10 Å². The van der Waals surface area contributed by atoms with Crippen LogP contribution in [0.15, 0.2) is 30.9 Å². The van der Waals surface area contributed by atoms with Crippen LogP contribution in [0.2, 0.25) is 0 Å². The zero-order valence-corrected chi connectivity index (χ0v) is 15.3. The second-order valence-corrected chi connectivity index (χ2v) is 6.55. The molecule has 1 fully saturated rings. The Bertz CT molecular complexity index is 891. The zero-order chi connectivity index (χ0) is 18.1. The van der Waals surface area contributed by atoms with Crippen LogP contribution in [0, 0.1) is 13.8 Å². The number of nitrogens with zero attached hydrogens (tertiary/aromatic N) is 8. The van der Waals surface area contributed by atoms with E-state index in [1.54, 1.807) is 10.9 Å². The minimum Gasteiger partial charge on any atom is -0.353 e. The SMILES string of the molecule is Cc1cc(N2CCN(c3cncc(-c4cnn(C)c4)n3)CC2)nc(C)n1. The van der Waals surface area contributed by atoms with Gasteiger partial charge < -0.3 is 9.80 Å². The lowest BCUT2D eigenvalue weighted by atomic mass is 10.2. The van der Waals surface area contributed by atoms with Gasteiger partial charge in [0, 0.05) is 56.7 Å². The number of hydrogen-bond acceptors (Lipinski definition) is 7. The van der Waals surface area contributed by atoms with Crippen LogP contribution in [-0.4, -0.2) is 55.9 Å². The second-order valence-electron chi connectivity index (χ2n) is 6.55. The summed E-state index contributed by atoms with van der Waals surface area (Å²) in [5, 5.41) is 4.21. The molecule has 8 heteroatoms. The van der Waals surface area contributed by atoms with Gasteiger partial charge in [0.05, 0.1) is 24.3 Å². The van der Waals surface area contributed by atoms with E-state index in [1.165, 1.54) is 0 Å². The molecule has 0 atom stereocenters. The molecule has 8 nitrogen and oxygen atoms in total. The topological polar surface area (TPSA) is 75.9 Å². The van der Waals surface area contributed by atoms with Gasteiger partial charge in [0.15, 0.2) is 0 Å². The molecule has 4 heterocycles. The summed E-state index contributed by atoms with van der Waals surface area (Å²) >= 11 is 0. The van der Waals surface area contributed by atoms with Gasteiger partial charge >= 0.3 is 0 Å². The van der Waals surface area contributed by atoms with Gasteiger partial charge in [0.25, 0.3) is 0 Å². The van der Waals surface area contributed by atoms with E-state index in [-0.39, 0.29) is 0 Å². The Morgan fingerprint density at radius 2 is 1.58 bits per heavy atom. The second kappa shape index (κ2) is 6.70. The maximum atomic E-state index is 4.77. The quantitative estimate of drug-likeness (QED) is 0.710. The molecule has 0 radical (unpaired) electrons. The van der Waals surface area contributed by atoms with Crippen molar-refractivity contribution in [3.63, 3.8) is 0 Å². The molecule has 0 aliphatic carbocycles. The van der Waals surface area contributed by atoms with Crippen molar-refractivity contribution in [1.29, 1.82) is 0 Å². The maximum absolute atomic E-state index is 4.77. The lowest BCUT2D eigenvalue weighted by Crippen LogP contribution is -2.47. The molecule has 1 aliphatic heterocycles. The normalized spacial score (nSPS) is 14.7. The molecule has 0 aromatic carbocycles. The first-order chi connectivity index (χ1) is 12.6. The molecule has 3 aromatic heterocycles. The van der Waals surface area contributed by atoms with Crippen molar-refractivity contribution in [1.82, 2.24) is 29.7 Å². The minimum atomic E-state index is 0.817. The standard InChI is InChI=1S/C18H22N8/c1-13-8-17(22-14(2)21-13)25-4-6-26(7-5-25)18-11-19-10-16(23-18)15-9-20-24(3)12-15/h8-12H,4-7H2,1-3H3. The number of hydrogen-bond donors (Lipinski definition) is 0. The van der Waals surface area contributed by atoms with E-state index in [1.807, 2.05) is 45.6 Å². The van der Waals surface area contributed by atoms with E-state index in [0.29, 0.717) is 0 Å². The first kappa shape index (κ1) is 16.4. The number of piperazine rings is 1. The molecular formula is C18H22N8. The summed E-state index contributed by atoms with van der Waals surface area (Å²) in [7, 11) is 1.90. The van der Waals surface area contributed by atoms with Crippen molar-refractivity contribution < 1.29 is 0 Å². The third-order valence-corrected chi connectivity index (χ3v) is 4.50. The Morgan fingerprint density at radius 1 is 0.846 bits per heavy atom. The third kappa shape index (κ3) is 3.35. The number of aryl methyl sites for hydroxylation is 3. The summed E-state index contributed by atoms with van der Waals surface area (Å²) in [6.45, 7) is 7.50. The van der Waals surface area contributed by atoms with Crippen molar-refractivity contribution in [2.45, 2.75) is 13.8 Å². The lowest BCUT2D eigenvalue weighted by molar-refractivity contribution is 0.639. The third-order valence-electron chi connectivity index (χ3n) is 4.50. The highest BCUT2D eigenvalue weighted by Crippen LogP contribution is 2.21. The van der Waals surface area contributed by atoms with Gasteiger partial charge in [-0.1, -0.05) is 0 Å². The molecule has 0 bridgehead atoms. The molecule has 1 aliphatic rings. The Balaban J connectivity index is 1.48. The van der Waals surface area contributed by atoms with Gasteiger partial charge in [-0.3, -0.25) is 9.67 Å². The largest absolute Gasteiger partial charge is 0.353 e. The van der Waals surface area contributed by atoms with Crippen molar-refractivity contribution in [2.75, 3.05) is 36.0 Å². The van der Waals surface area contributed by atoms with Gasteiger partial charge in [-0.05, 0) is 13.8 Å². The molecular weight excluding hydrogens is 328 g/mol. The first-order valence-electron chi connectivity index (χ1n) is 8.72. The first-order valence-corrected chi connectivity index (χ1v) is 8.72. The van der Waals surface area contributed by atoms with Gasteiger partial charge in [0.1, 0.15) is 17.5 Å². The average molecular weight is 350 g/mol. The Hall–Kier alpha value is -3.03. The molecule has 0 saturated carbocycles. The van der Waals surface area contributed by atoms with Gasteiger partial charge in [0.2, 0.25) is 0 Å². The van der Waals surface area contributed by atoms with Crippen molar-refractivity contribution in [3.8, 4) is 11.3 Å². The summed E-state index contributed by atoms with van der Waals surface area (Å²) in [5.74, 6) is 2.73. The summed E-state index contributed by atoms with van der Waals surface area (Å²) in [5.41, 5.74) is 2.83. The Morgan fingerprint density at radius 3 is 2.23 bits per heavy atom.